The molecule has 17 heavy (non-hydrogen) atoms. The summed E-state index contributed by atoms with van der Waals surface area (Å²) >= 11 is 0. The zero-order valence-corrected chi connectivity index (χ0v) is 10.1. The Morgan fingerprint density at radius 2 is 1.12 bits per heavy atom. The zero-order chi connectivity index (χ0) is 13.0. The molecule has 1 rings (SSSR count). The maximum atomic E-state index is 10.9. The SMILES string of the molecule is CC(=O)OC1CC(OC(C)=O)[C@@H](OC(C)=O)C1. The first kappa shape index (κ1) is 13.5. The van der Waals surface area contributed by atoms with E-state index < -0.39 is 30.1 Å². The standard InChI is InChI=1S/C11H16O6/c1-6(12)15-9-4-10(16-7(2)13)11(5-9)17-8(3)14/h9-11H,4-5H2,1-3H3/t9?,10-,11?/m0/s1. The van der Waals surface area contributed by atoms with Gasteiger partial charge >= 0.3 is 17.9 Å². The van der Waals surface area contributed by atoms with Crippen LogP contribution in [0.15, 0.2) is 0 Å². The van der Waals surface area contributed by atoms with Crippen LogP contribution in [0, 0.1) is 0 Å². The third kappa shape index (κ3) is 4.42. The van der Waals surface area contributed by atoms with Crippen molar-refractivity contribution in [3.05, 3.63) is 0 Å². The summed E-state index contributed by atoms with van der Waals surface area (Å²) in [6, 6.07) is 0. The van der Waals surface area contributed by atoms with E-state index in [2.05, 4.69) is 0 Å². The van der Waals surface area contributed by atoms with Gasteiger partial charge in [0.1, 0.15) is 18.3 Å². The molecular formula is C11H16O6. The van der Waals surface area contributed by atoms with Crippen LogP contribution in [-0.4, -0.2) is 36.2 Å². The highest BCUT2D eigenvalue weighted by molar-refractivity contribution is 5.68. The molecule has 0 aromatic rings. The fourth-order valence-electron chi connectivity index (χ4n) is 1.92. The van der Waals surface area contributed by atoms with Crippen molar-refractivity contribution in [2.45, 2.75) is 51.9 Å². The van der Waals surface area contributed by atoms with Gasteiger partial charge in [-0.3, -0.25) is 14.4 Å². The molecule has 0 bridgehead atoms. The molecule has 6 heteroatoms. The molecule has 3 atom stereocenters. The number of esters is 3. The van der Waals surface area contributed by atoms with Gasteiger partial charge in [0.15, 0.2) is 0 Å². The predicted octanol–water partition coefficient (Wildman–Crippen LogP) is 0.575. The summed E-state index contributed by atoms with van der Waals surface area (Å²) in [5.41, 5.74) is 0. The number of rotatable bonds is 3. The van der Waals surface area contributed by atoms with Crippen molar-refractivity contribution in [1.82, 2.24) is 0 Å². The summed E-state index contributed by atoms with van der Waals surface area (Å²) in [7, 11) is 0. The second kappa shape index (κ2) is 5.65. The third-order valence-electron chi connectivity index (χ3n) is 2.37. The predicted molar refractivity (Wildman–Crippen MR) is 55.9 cm³/mol. The van der Waals surface area contributed by atoms with E-state index in [1.54, 1.807) is 0 Å². The normalized spacial score (nSPS) is 27.4. The summed E-state index contributed by atoms with van der Waals surface area (Å²) in [6.07, 6.45) is -0.739. The Morgan fingerprint density at radius 1 is 0.765 bits per heavy atom. The van der Waals surface area contributed by atoms with E-state index in [4.69, 9.17) is 14.2 Å². The summed E-state index contributed by atoms with van der Waals surface area (Å²) in [5.74, 6) is -1.30. The van der Waals surface area contributed by atoms with Gasteiger partial charge in [-0.2, -0.15) is 0 Å². The minimum atomic E-state index is -0.541. The molecule has 1 aliphatic rings. The molecule has 1 aliphatic carbocycles. The van der Waals surface area contributed by atoms with Crippen molar-refractivity contribution in [2.75, 3.05) is 0 Å². The maximum absolute atomic E-state index is 10.9. The van der Waals surface area contributed by atoms with Crippen LogP contribution in [0.5, 0.6) is 0 Å². The third-order valence-corrected chi connectivity index (χ3v) is 2.37. The second-order valence-electron chi connectivity index (χ2n) is 4.00. The number of hydrogen-bond donors (Lipinski definition) is 0. The van der Waals surface area contributed by atoms with Gasteiger partial charge in [-0.1, -0.05) is 0 Å². The van der Waals surface area contributed by atoms with Gasteiger partial charge in [-0.25, -0.2) is 0 Å². The van der Waals surface area contributed by atoms with Crippen LogP contribution in [0.2, 0.25) is 0 Å². The molecule has 1 saturated carbocycles. The Labute approximate surface area is 99.2 Å². The van der Waals surface area contributed by atoms with Crippen LogP contribution in [0.25, 0.3) is 0 Å². The Bertz CT molecular complexity index is 300. The van der Waals surface area contributed by atoms with Gasteiger partial charge in [0.25, 0.3) is 0 Å². The van der Waals surface area contributed by atoms with E-state index in [1.807, 2.05) is 0 Å². The van der Waals surface area contributed by atoms with E-state index in [0.717, 1.165) is 0 Å². The van der Waals surface area contributed by atoms with E-state index in [-0.39, 0.29) is 6.10 Å². The highest BCUT2D eigenvalue weighted by Gasteiger charge is 2.40. The van der Waals surface area contributed by atoms with Crippen LogP contribution >= 0.6 is 0 Å². The molecule has 0 aromatic heterocycles. The summed E-state index contributed by atoms with van der Waals surface area (Å²) in [5, 5.41) is 0. The van der Waals surface area contributed by atoms with Crippen LogP contribution in [-0.2, 0) is 28.6 Å². The van der Waals surface area contributed by atoms with Gasteiger partial charge in [-0.05, 0) is 0 Å². The highest BCUT2D eigenvalue weighted by atomic mass is 16.6. The number of carbonyl (C=O) groups is 3. The topological polar surface area (TPSA) is 78.9 Å². The minimum Gasteiger partial charge on any atom is -0.462 e. The molecule has 0 spiro atoms. The van der Waals surface area contributed by atoms with Crippen LogP contribution < -0.4 is 0 Å². The summed E-state index contributed by atoms with van der Waals surface area (Å²) in [4.78, 5) is 32.6. The average molecular weight is 244 g/mol. The molecule has 0 amide bonds. The largest absolute Gasteiger partial charge is 0.462 e. The molecule has 96 valence electrons. The average Bonchev–Trinajstić information content (AvgIpc) is 2.44. The van der Waals surface area contributed by atoms with Crippen molar-refractivity contribution in [1.29, 1.82) is 0 Å². The first-order valence-corrected chi connectivity index (χ1v) is 5.40. The Balaban J connectivity index is 2.61. The van der Waals surface area contributed by atoms with Crippen LogP contribution in [0.1, 0.15) is 33.6 Å². The molecule has 0 saturated heterocycles. The molecule has 0 radical (unpaired) electrons. The van der Waals surface area contributed by atoms with Gasteiger partial charge in [0.2, 0.25) is 0 Å². The van der Waals surface area contributed by atoms with Crippen molar-refractivity contribution >= 4 is 17.9 Å². The van der Waals surface area contributed by atoms with E-state index in [1.165, 1.54) is 20.8 Å². The van der Waals surface area contributed by atoms with Gasteiger partial charge < -0.3 is 14.2 Å². The van der Waals surface area contributed by atoms with Crippen molar-refractivity contribution < 1.29 is 28.6 Å². The Morgan fingerprint density at radius 3 is 1.41 bits per heavy atom. The molecule has 0 aliphatic heterocycles. The quantitative estimate of drug-likeness (QED) is 0.533. The van der Waals surface area contributed by atoms with E-state index >= 15 is 0 Å². The van der Waals surface area contributed by atoms with Gasteiger partial charge in [-0.15, -0.1) is 0 Å². The first-order chi connectivity index (χ1) is 7.88. The van der Waals surface area contributed by atoms with E-state index in [0.29, 0.717) is 12.8 Å². The lowest BCUT2D eigenvalue weighted by molar-refractivity contribution is -0.162. The molecule has 2 unspecified atom stereocenters. The molecule has 0 heterocycles. The maximum Gasteiger partial charge on any atom is 0.303 e. The van der Waals surface area contributed by atoms with E-state index in [9.17, 15) is 14.4 Å². The van der Waals surface area contributed by atoms with Crippen LogP contribution in [0.4, 0.5) is 0 Å². The number of hydrogen-bond acceptors (Lipinski definition) is 6. The smallest absolute Gasteiger partial charge is 0.303 e. The molecule has 6 nitrogen and oxygen atoms in total. The highest BCUT2D eigenvalue weighted by Crippen LogP contribution is 2.28. The Hall–Kier alpha value is -1.59. The number of carbonyl (C=O) groups excluding carboxylic acids is 3. The lowest BCUT2D eigenvalue weighted by atomic mass is 10.2. The molecule has 1 fully saturated rings. The lowest BCUT2D eigenvalue weighted by Gasteiger charge is -2.18. The fraction of sp³-hybridized carbons (Fsp3) is 0.727. The first-order valence-electron chi connectivity index (χ1n) is 5.40. The second-order valence-corrected chi connectivity index (χ2v) is 4.00. The lowest BCUT2D eigenvalue weighted by Crippen LogP contribution is -2.29. The van der Waals surface area contributed by atoms with Gasteiger partial charge in [0, 0.05) is 33.6 Å². The summed E-state index contributed by atoms with van der Waals surface area (Å²) in [6.45, 7) is 3.87. The zero-order valence-electron chi connectivity index (χ0n) is 10.1. The Kier molecular flexibility index (Phi) is 4.48. The summed E-state index contributed by atoms with van der Waals surface area (Å²) < 4.78 is 15.1. The fourth-order valence-corrected chi connectivity index (χ4v) is 1.92. The molecular weight excluding hydrogens is 228 g/mol. The van der Waals surface area contributed by atoms with Gasteiger partial charge in [0.05, 0.1) is 0 Å². The molecule has 0 N–H and O–H groups in total. The van der Waals surface area contributed by atoms with Crippen molar-refractivity contribution in [3.8, 4) is 0 Å². The molecule has 0 aromatic carbocycles. The number of ether oxygens (including phenoxy) is 3. The van der Waals surface area contributed by atoms with Crippen molar-refractivity contribution in [2.24, 2.45) is 0 Å². The monoisotopic (exact) mass is 244 g/mol. The van der Waals surface area contributed by atoms with Crippen LogP contribution in [0.3, 0.4) is 0 Å². The van der Waals surface area contributed by atoms with Crippen molar-refractivity contribution in [3.63, 3.8) is 0 Å². The minimum absolute atomic E-state index is 0.358.